The Balaban J connectivity index is 0.000000564. The van der Waals surface area contributed by atoms with Crippen LogP contribution >= 0.6 is 0 Å². The van der Waals surface area contributed by atoms with E-state index in [4.69, 9.17) is 14.3 Å². The van der Waals surface area contributed by atoms with Crippen LogP contribution in [0.5, 0.6) is 5.75 Å². The Kier molecular flexibility index (Phi) is 14.0. The number of aliphatic hydroxyl groups is 2. The summed E-state index contributed by atoms with van der Waals surface area (Å²) in [5.74, 6) is -2.59. The lowest BCUT2D eigenvalue weighted by Gasteiger charge is -2.41. The van der Waals surface area contributed by atoms with Crippen LogP contribution in [0.4, 0.5) is 32.3 Å². The van der Waals surface area contributed by atoms with E-state index in [9.17, 15) is 40.6 Å². The van der Waals surface area contributed by atoms with Gasteiger partial charge in [0.1, 0.15) is 0 Å². The van der Waals surface area contributed by atoms with Crippen molar-refractivity contribution in [1.29, 1.82) is 0 Å². The molecule has 3 aliphatic rings. The highest BCUT2D eigenvalue weighted by molar-refractivity contribution is 7.85. The van der Waals surface area contributed by atoms with Crippen LogP contribution in [0.1, 0.15) is 142 Å². The molecule has 2 aromatic heterocycles. The third kappa shape index (κ3) is 11.8. The predicted octanol–water partition coefficient (Wildman–Crippen LogP) is 10.1. The maximum Gasteiger partial charge on any atom is 0.416 e. The number of halogens is 6. The second-order valence-electron chi connectivity index (χ2n) is 18.0. The van der Waals surface area contributed by atoms with Gasteiger partial charge in [0.2, 0.25) is 11.9 Å². The molecule has 0 unspecified atom stereocenters. The van der Waals surface area contributed by atoms with Crippen molar-refractivity contribution >= 4 is 16.1 Å². The number of alkyl halides is 6. The van der Waals surface area contributed by atoms with Crippen LogP contribution in [0, 0.1) is 5.41 Å². The average molecular weight is 893 g/mol. The van der Waals surface area contributed by atoms with Crippen LogP contribution in [0.3, 0.4) is 0 Å². The minimum Gasteiger partial charge on any atom is -0.490 e. The van der Waals surface area contributed by atoms with Gasteiger partial charge in [-0.05, 0) is 99.1 Å². The second-order valence-corrected chi connectivity index (χ2v) is 19.5. The smallest absolute Gasteiger partial charge is 0.416 e. The fourth-order valence-corrected chi connectivity index (χ4v) is 9.13. The largest absolute Gasteiger partial charge is 0.490 e. The van der Waals surface area contributed by atoms with E-state index in [1.165, 1.54) is 12.1 Å². The first kappa shape index (κ1) is 47.2. The van der Waals surface area contributed by atoms with E-state index in [-0.39, 0.29) is 53.0 Å². The topological polar surface area (TPSA) is 146 Å². The normalized spacial score (nSPS) is 20.1. The van der Waals surface area contributed by atoms with Crippen LogP contribution in [-0.4, -0.2) is 69.4 Å². The molecule has 0 spiro atoms. The van der Waals surface area contributed by atoms with Gasteiger partial charge in [-0.15, -0.1) is 0 Å². The summed E-state index contributed by atoms with van der Waals surface area (Å²) in [7, 11) is -4.00. The molecule has 4 aromatic rings. The molecule has 2 atom stereocenters. The highest BCUT2D eigenvalue weighted by atomic mass is 32.2. The number of aliphatic hydroxyl groups excluding tert-OH is 1. The SMILES string of the molecule is CC(C)(O)CCOc1cnc(N2CCC(c3nc4c(c(C5CCC(F)(F)CC5)c3[C@@H](F)c3ccc(C(F)(F)F)cc3)[C@@H](O)CC(C)(C)C4)CC2)nc1.O=S(=O)(O)c1ccccc1. The minimum atomic E-state index is -4.60. The number of nitrogens with zero attached hydrogens (tertiary/aromatic N) is 4. The molecule has 0 amide bonds. The molecule has 10 nitrogen and oxygen atoms in total. The number of hydrogen-bond donors (Lipinski definition) is 3. The number of fused-ring (bicyclic) bond motifs is 1. The molecule has 3 N–H and O–H groups in total. The highest BCUT2D eigenvalue weighted by Gasteiger charge is 2.44. The average Bonchev–Trinajstić information content (AvgIpc) is 3.19. The summed E-state index contributed by atoms with van der Waals surface area (Å²) in [5.41, 5.74) is 0.273. The summed E-state index contributed by atoms with van der Waals surface area (Å²) in [5, 5.41) is 21.5. The molecular formula is C45H54F6N4O6S. The molecule has 0 bridgehead atoms. The zero-order valence-corrected chi connectivity index (χ0v) is 36.0. The Morgan fingerprint density at radius 1 is 0.903 bits per heavy atom. The molecule has 1 saturated heterocycles. The Morgan fingerprint density at radius 3 is 2.03 bits per heavy atom. The highest BCUT2D eigenvalue weighted by Crippen LogP contribution is 2.52. The van der Waals surface area contributed by atoms with Gasteiger partial charge >= 0.3 is 6.18 Å². The lowest BCUT2D eigenvalue weighted by molar-refractivity contribution is -0.137. The molecule has 1 aliphatic heterocycles. The number of piperidine rings is 1. The lowest BCUT2D eigenvalue weighted by Crippen LogP contribution is -2.36. The fraction of sp³-hybridized carbons (Fsp3) is 0.533. The van der Waals surface area contributed by atoms with Crippen molar-refractivity contribution in [3.8, 4) is 5.75 Å². The summed E-state index contributed by atoms with van der Waals surface area (Å²) in [6.45, 7) is 8.78. The molecule has 2 aromatic carbocycles. The van der Waals surface area contributed by atoms with E-state index < -0.39 is 51.6 Å². The molecule has 1 saturated carbocycles. The second kappa shape index (κ2) is 18.4. The van der Waals surface area contributed by atoms with Crippen molar-refractivity contribution in [2.24, 2.45) is 5.41 Å². The maximum absolute atomic E-state index is 17.3. The number of hydrogen-bond acceptors (Lipinski definition) is 9. The maximum atomic E-state index is 17.3. The van der Waals surface area contributed by atoms with Gasteiger partial charge in [0.05, 0.1) is 46.9 Å². The molecule has 62 heavy (non-hydrogen) atoms. The van der Waals surface area contributed by atoms with E-state index in [0.29, 0.717) is 86.0 Å². The van der Waals surface area contributed by atoms with Crippen LogP contribution in [0.25, 0.3) is 0 Å². The number of pyridine rings is 1. The Bertz CT molecular complexity index is 2240. The van der Waals surface area contributed by atoms with E-state index >= 15 is 4.39 Å². The van der Waals surface area contributed by atoms with E-state index in [1.54, 1.807) is 44.4 Å². The standard InChI is InChI=1S/C39H48F6N4O3.C6H6O3S/c1-36(2)19-28-31(29(50)20-36)30(23-9-13-38(41,42)14-10-23)32(33(40)24-5-7-26(8-6-24)39(43,44)45)34(48-28)25-11-16-49(17-12-25)35-46-21-27(22-47-35)52-18-15-37(3,4)51;7-10(8,9)6-4-2-1-3-5-6/h5-8,21-23,25,29,33,50-51H,9-20H2,1-4H3;1-5H,(H,7,8,9)/t29-,33-;/m0./s1. The Hall–Kier alpha value is -4.32. The van der Waals surface area contributed by atoms with Crippen LogP contribution < -0.4 is 9.64 Å². The van der Waals surface area contributed by atoms with Gasteiger partial charge in [-0.3, -0.25) is 9.54 Å². The van der Waals surface area contributed by atoms with Crippen molar-refractivity contribution in [3.63, 3.8) is 0 Å². The molecule has 0 radical (unpaired) electrons. The molecule has 17 heteroatoms. The van der Waals surface area contributed by atoms with Crippen molar-refractivity contribution in [2.45, 2.75) is 132 Å². The molecule has 2 fully saturated rings. The number of ether oxygens (including phenoxy) is 1. The summed E-state index contributed by atoms with van der Waals surface area (Å²) < 4.78 is 121. The Labute approximate surface area is 358 Å². The summed E-state index contributed by atoms with van der Waals surface area (Å²) >= 11 is 0. The Morgan fingerprint density at radius 2 is 1.50 bits per heavy atom. The van der Waals surface area contributed by atoms with Gasteiger partial charge in [-0.25, -0.2) is 23.1 Å². The quantitative estimate of drug-likeness (QED) is 0.104. The van der Waals surface area contributed by atoms with Crippen LogP contribution in [0.15, 0.2) is 71.9 Å². The zero-order valence-electron chi connectivity index (χ0n) is 35.2. The lowest BCUT2D eigenvalue weighted by atomic mass is 9.68. The van der Waals surface area contributed by atoms with Gasteiger partial charge < -0.3 is 19.8 Å². The summed E-state index contributed by atoms with van der Waals surface area (Å²) in [4.78, 5) is 16.0. The van der Waals surface area contributed by atoms with Gasteiger partial charge in [0.25, 0.3) is 10.1 Å². The van der Waals surface area contributed by atoms with Gasteiger partial charge in [0.15, 0.2) is 11.9 Å². The van der Waals surface area contributed by atoms with Crippen LogP contribution in [-0.2, 0) is 22.7 Å². The van der Waals surface area contributed by atoms with Crippen molar-refractivity contribution < 1.29 is 54.3 Å². The molecule has 2 aliphatic carbocycles. The number of rotatable bonds is 10. The number of anilines is 1. The van der Waals surface area contributed by atoms with Gasteiger partial charge in [0, 0.05) is 55.1 Å². The van der Waals surface area contributed by atoms with E-state index in [1.807, 2.05) is 18.7 Å². The monoisotopic (exact) mass is 892 g/mol. The predicted molar refractivity (Wildman–Crippen MR) is 221 cm³/mol. The number of aromatic nitrogens is 3. The fourth-order valence-electron chi connectivity index (χ4n) is 8.63. The summed E-state index contributed by atoms with van der Waals surface area (Å²) in [6.07, 6.45) is -2.46. The van der Waals surface area contributed by atoms with Crippen molar-refractivity contribution in [2.75, 3.05) is 24.6 Å². The number of benzene rings is 2. The third-order valence-electron chi connectivity index (χ3n) is 11.9. The van der Waals surface area contributed by atoms with Gasteiger partial charge in [-0.1, -0.05) is 44.2 Å². The first-order chi connectivity index (χ1) is 28.9. The van der Waals surface area contributed by atoms with Gasteiger partial charge in [-0.2, -0.15) is 21.6 Å². The minimum absolute atomic E-state index is 0.0136. The van der Waals surface area contributed by atoms with Crippen molar-refractivity contribution in [3.05, 3.63) is 106 Å². The van der Waals surface area contributed by atoms with E-state index in [2.05, 4.69) is 9.97 Å². The molecule has 7 rings (SSSR count). The molecular weight excluding hydrogens is 839 g/mol. The first-order valence-corrected chi connectivity index (χ1v) is 22.2. The van der Waals surface area contributed by atoms with Crippen molar-refractivity contribution in [1.82, 2.24) is 15.0 Å². The summed E-state index contributed by atoms with van der Waals surface area (Å²) in [6, 6.07) is 11.4. The van der Waals surface area contributed by atoms with Crippen LogP contribution in [0.2, 0.25) is 0 Å². The first-order valence-electron chi connectivity index (χ1n) is 20.8. The third-order valence-corrected chi connectivity index (χ3v) is 12.7. The van der Waals surface area contributed by atoms with E-state index in [0.717, 1.165) is 24.3 Å². The zero-order chi connectivity index (χ0) is 45.3. The molecule has 3 heterocycles. The molecule has 338 valence electrons.